The average Bonchev–Trinajstić information content (AvgIpc) is 2.95. The average molecular weight is 587 g/mol. The van der Waals surface area contributed by atoms with Crippen LogP contribution in [0.4, 0.5) is 14.5 Å². The van der Waals surface area contributed by atoms with E-state index < -0.39 is 46.2 Å². The van der Waals surface area contributed by atoms with Crippen LogP contribution in [0.2, 0.25) is 0 Å². The van der Waals surface area contributed by atoms with Gasteiger partial charge in [-0.05, 0) is 49.2 Å². The highest BCUT2D eigenvalue weighted by Gasteiger charge is 2.35. The Morgan fingerprint density at radius 3 is 2.10 bits per heavy atom. The van der Waals surface area contributed by atoms with Crippen LogP contribution in [0, 0.1) is 11.6 Å². The molecule has 0 fully saturated rings. The number of nitrogens with one attached hydrogen (secondary N) is 1. The molecule has 41 heavy (non-hydrogen) atoms. The number of halogens is 2. The zero-order valence-electron chi connectivity index (χ0n) is 23.6. The van der Waals surface area contributed by atoms with Gasteiger partial charge in [0.15, 0.2) is 0 Å². The number of hydrogen-bond donors (Lipinski definition) is 1. The van der Waals surface area contributed by atoms with E-state index in [9.17, 15) is 26.8 Å². The number of amides is 2. The van der Waals surface area contributed by atoms with Gasteiger partial charge in [0.2, 0.25) is 11.8 Å². The minimum Gasteiger partial charge on any atom is -0.352 e. The number of nitrogens with zero attached hydrogens (tertiary/aromatic N) is 3. The van der Waals surface area contributed by atoms with Gasteiger partial charge in [0.05, 0.1) is 5.69 Å². The van der Waals surface area contributed by atoms with Crippen LogP contribution in [-0.4, -0.2) is 62.2 Å². The van der Waals surface area contributed by atoms with Crippen molar-refractivity contribution in [3.8, 4) is 0 Å². The van der Waals surface area contributed by atoms with Crippen molar-refractivity contribution in [2.24, 2.45) is 0 Å². The second-order valence-electron chi connectivity index (χ2n) is 9.91. The summed E-state index contributed by atoms with van der Waals surface area (Å²) in [4.78, 5) is 29.0. The molecule has 0 heterocycles. The Morgan fingerprint density at radius 1 is 0.902 bits per heavy atom. The Balaban J connectivity index is 2.10. The summed E-state index contributed by atoms with van der Waals surface area (Å²) in [5.41, 5.74) is 0.987. The largest absolute Gasteiger partial charge is 0.352 e. The van der Waals surface area contributed by atoms with E-state index in [-0.39, 0.29) is 30.3 Å². The van der Waals surface area contributed by atoms with Crippen molar-refractivity contribution in [2.45, 2.75) is 45.3 Å². The number of hydrogen-bond acceptors (Lipinski definition) is 4. The third-order valence-corrected chi connectivity index (χ3v) is 8.52. The summed E-state index contributed by atoms with van der Waals surface area (Å²) in [5.74, 6) is -2.32. The first-order valence-corrected chi connectivity index (χ1v) is 14.7. The molecule has 11 heteroatoms. The quantitative estimate of drug-likeness (QED) is 0.326. The molecule has 0 bridgehead atoms. The lowest BCUT2D eigenvalue weighted by molar-refractivity contribution is -0.140. The van der Waals surface area contributed by atoms with Crippen LogP contribution < -0.4 is 9.62 Å². The fourth-order valence-electron chi connectivity index (χ4n) is 4.13. The van der Waals surface area contributed by atoms with Crippen LogP contribution >= 0.6 is 0 Å². The van der Waals surface area contributed by atoms with Gasteiger partial charge in [-0.15, -0.1) is 0 Å². The van der Waals surface area contributed by atoms with Crippen LogP contribution in [0.1, 0.15) is 31.4 Å². The lowest BCUT2D eigenvalue weighted by Crippen LogP contribution is -2.55. The van der Waals surface area contributed by atoms with Crippen molar-refractivity contribution in [3.05, 3.63) is 102 Å². The van der Waals surface area contributed by atoms with Crippen LogP contribution in [0.25, 0.3) is 0 Å². The summed E-state index contributed by atoms with van der Waals surface area (Å²) in [7, 11) is -1.60. The molecule has 0 radical (unpaired) electrons. The first-order chi connectivity index (χ1) is 19.4. The Labute approximate surface area is 240 Å². The normalized spacial score (nSPS) is 13.0. The smallest absolute Gasteiger partial charge is 0.304 e. The second-order valence-corrected chi connectivity index (χ2v) is 12.0. The third-order valence-electron chi connectivity index (χ3n) is 6.70. The molecule has 0 aromatic heterocycles. The van der Waals surface area contributed by atoms with Gasteiger partial charge < -0.3 is 10.2 Å². The summed E-state index contributed by atoms with van der Waals surface area (Å²) < 4.78 is 56.9. The minimum absolute atomic E-state index is 0.0583. The van der Waals surface area contributed by atoms with E-state index in [0.29, 0.717) is 6.42 Å². The SMILES string of the molecule is CC[C@@H](C)NC(=O)[C@@H](Cc1ccccc1)N(Cc1ccccc1F)C(=O)CN(c1ccc(F)cc1)S(=O)(=O)N(C)C. The number of rotatable bonds is 13. The molecular formula is C30H36F2N4O4S. The molecule has 2 amide bonds. The maximum atomic E-state index is 14.8. The van der Waals surface area contributed by atoms with Crippen molar-refractivity contribution >= 4 is 27.7 Å². The van der Waals surface area contributed by atoms with Crippen molar-refractivity contribution in [3.63, 3.8) is 0 Å². The van der Waals surface area contributed by atoms with Gasteiger partial charge in [-0.2, -0.15) is 12.7 Å². The van der Waals surface area contributed by atoms with E-state index in [1.165, 1.54) is 49.3 Å². The fraction of sp³-hybridized carbons (Fsp3) is 0.333. The molecular weight excluding hydrogens is 550 g/mol. The highest BCUT2D eigenvalue weighted by atomic mass is 32.2. The molecule has 3 rings (SSSR count). The maximum Gasteiger partial charge on any atom is 0.304 e. The monoisotopic (exact) mass is 586 g/mol. The highest BCUT2D eigenvalue weighted by Crippen LogP contribution is 2.23. The van der Waals surface area contributed by atoms with Crippen molar-refractivity contribution in [1.29, 1.82) is 0 Å². The van der Waals surface area contributed by atoms with Crippen molar-refractivity contribution in [2.75, 3.05) is 24.9 Å². The van der Waals surface area contributed by atoms with Crippen molar-refractivity contribution < 1.29 is 26.8 Å². The summed E-state index contributed by atoms with van der Waals surface area (Å²) >= 11 is 0. The molecule has 0 aliphatic heterocycles. The summed E-state index contributed by atoms with van der Waals surface area (Å²) in [6.45, 7) is 2.76. The van der Waals surface area contributed by atoms with E-state index in [1.54, 1.807) is 6.07 Å². The van der Waals surface area contributed by atoms with E-state index in [4.69, 9.17) is 0 Å². The van der Waals surface area contributed by atoms with E-state index in [1.807, 2.05) is 44.2 Å². The molecule has 220 valence electrons. The first-order valence-electron chi connectivity index (χ1n) is 13.3. The zero-order valence-corrected chi connectivity index (χ0v) is 24.4. The Hall–Kier alpha value is -3.83. The van der Waals surface area contributed by atoms with Gasteiger partial charge in [-0.3, -0.25) is 9.59 Å². The molecule has 0 unspecified atom stereocenters. The molecule has 8 nitrogen and oxygen atoms in total. The van der Waals surface area contributed by atoms with Gasteiger partial charge in [-0.1, -0.05) is 55.5 Å². The van der Waals surface area contributed by atoms with Gasteiger partial charge in [0, 0.05) is 38.7 Å². The Bertz CT molecular complexity index is 1420. The predicted octanol–water partition coefficient (Wildman–Crippen LogP) is 4.13. The van der Waals surface area contributed by atoms with Crippen LogP contribution in [0.5, 0.6) is 0 Å². The maximum absolute atomic E-state index is 14.8. The van der Waals surface area contributed by atoms with Gasteiger partial charge in [0.25, 0.3) is 0 Å². The van der Waals surface area contributed by atoms with Crippen molar-refractivity contribution in [1.82, 2.24) is 14.5 Å². The number of benzene rings is 3. The molecule has 3 aromatic rings. The molecule has 1 N–H and O–H groups in total. The molecule has 0 aliphatic rings. The molecule has 3 aromatic carbocycles. The van der Waals surface area contributed by atoms with Gasteiger partial charge in [-0.25, -0.2) is 13.1 Å². The predicted molar refractivity (Wildman–Crippen MR) is 155 cm³/mol. The first kappa shape index (κ1) is 31.7. The second kappa shape index (κ2) is 14.2. The fourth-order valence-corrected chi connectivity index (χ4v) is 5.19. The minimum atomic E-state index is -4.22. The van der Waals surface area contributed by atoms with Crippen LogP contribution in [-0.2, 0) is 32.8 Å². The molecule has 0 spiro atoms. The van der Waals surface area contributed by atoms with E-state index in [0.717, 1.165) is 26.3 Å². The lowest BCUT2D eigenvalue weighted by atomic mass is 10.0. The Morgan fingerprint density at radius 2 is 1.51 bits per heavy atom. The standard InChI is InChI=1S/C30H36F2N4O4S/c1-5-22(2)33-30(38)28(19-23-11-7-6-8-12-23)35(20-24-13-9-10-14-27(24)32)29(37)21-36(41(39,40)34(3)4)26-17-15-25(31)16-18-26/h6-18,22,28H,5,19-21H2,1-4H3,(H,33,38)/t22-,28-/m1/s1. The van der Waals surface area contributed by atoms with Crippen LogP contribution in [0.15, 0.2) is 78.9 Å². The zero-order chi connectivity index (χ0) is 30.2. The molecule has 2 atom stereocenters. The van der Waals surface area contributed by atoms with Gasteiger partial charge in [0.1, 0.15) is 24.2 Å². The number of carbonyl (C=O) groups is 2. The lowest BCUT2D eigenvalue weighted by Gasteiger charge is -2.35. The topological polar surface area (TPSA) is 90.0 Å². The Kier molecular flexibility index (Phi) is 11.0. The highest BCUT2D eigenvalue weighted by molar-refractivity contribution is 7.90. The summed E-state index contributed by atoms with van der Waals surface area (Å²) in [6, 6.07) is 18.4. The molecule has 0 aliphatic carbocycles. The molecule has 0 saturated carbocycles. The summed E-state index contributed by atoms with van der Waals surface area (Å²) in [6.07, 6.45) is 0.755. The van der Waals surface area contributed by atoms with Gasteiger partial charge >= 0.3 is 10.2 Å². The number of carbonyl (C=O) groups excluding carboxylic acids is 2. The van der Waals surface area contributed by atoms with Crippen LogP contribution in [0.3, 0.4) is 0 Å². The molecule has 0 saturated heterocycles. The third kappa shape index (κ3) is 8.34. The van der Waals surface area contributed by atoms with E-state index >= 15 is 0 Å². The summed E-state index contributed by atoms with van der Waals surface area (Å²) in [5, 5.41) is 2.92. The number of anilines is 1. The van der Waals surface area contributed by atoms with E-state index in [2.05, 4.69) is 5.32 Å².